The first-order valence-corrected chi connectivity index (χ1v) is 24.0. The van der Waals surface area contributed by atoms with Gasteiger partial charge < -0.3 is 40.7 Å². The van der Waals surface area contributed by atoms with Crippen LogP contribution in [0, 0.1) is 0 Å². The summed E-state index contributed by atoms with van der Waals surface area (Å²) >= 11 is 0. The molecule has 0 spiro atoms. The molecule has 9 aromatic carbocycles. The minimum Gasteiger partial charge on any atom is -0.409 e. The zero-order valence-electron chi connectivity index (χ0n) is 35.8. The summed E-state index contributed by atoms with van der Waals surface area (Å²) in [5.41, 5.74) is 0. The molecule has 0 unspecified atom stereocenters. The molecule has 0 aliphatic heterocycles. The summed E-state index contributed by atoms with van der Waals surface area (Å²) in [7, 11) is -4.77. The zero-order chi connectivity index (χ0) is 45.1. The maximum atomic E-state index is 5.84. The third-order valence-electron chi connectivity index (χ3n) is 8.31. The van der Waals surface area contributed by atoms with Crippen molar-refractivity contribution in [1.82, 2.24) is 0 Å². The van der Waals surface area contributed by atoms with E-state index in [1.54, 1.807) is 0 Å². The van der Waals surface area contributed by atoms with E-state index in [1.807, 2.05) is 273 Å². The first-order valence-electron chi connectivity index (χ1n) is 20.7. The standard InChI is InChI=1S/3C18H15O3P.Ni/c3*1-4-10-16(11-5-1)19-22(20-17-12-6-2-7-13-17)21-18-14-8-3-9-15-18;/h3*1-15H;. The van der Waals surface area contributed by atoms with Crippen molar-refractivity contribution in [2.45, 2.75) is 0 Å². The normalized spacial score (nSPS) is 10.1. The van der Waals surface area contributed by atoms with Gasteiger partial charge in [-0.1, -0.05) is 164 Å². The molecule has 340 valence electrons. The Kier molecular flexibility index (Phi) is 21.2. The van der Waals surface area contributed by atoms with E-state index >= 15 is 0 Å². The molecule has 0 radical (unpaired) electrons. The van der Waals surface area contributed by atoms with Crippen LogP contribution >= 0.6 is 25.8 Å². The van der Waals surface area contributed by atoms with E-state index in [1.165, 1.54) is 0 Å². The summed E-state index contributed by atoms with van der Waals surface area (Å²) in [6, 6.07) is 85.5. The Morgan fingerprint density at radius 2 is 0.239 bits per heavy atom. The van der Waals surface area contributed by atoms with Crippen LogP contribution in [0.25, 0.3) is 0 Å². The first kappa shape index (κ1) is 49.4. The van der Waals surface area contributed by atoms with Gasteiger partial charge in [0.25, 0.3) is 0 Å². The molecule has 13 heteroatoms. The molecule has 0 saturated heterocycles. The van der Waals surface area contributed by atoms with Crippen molar-refractivity contribution in [3.8, 4) is 51.7 Å². The summed E-state index contributed by atoms with van der Waals surface area (Å²) in [4.78, 5) is 0. The molecule has 0 heterocycles. The van der Waals surface area contributed by atoms with Crippen molar-refractivity contribution in [3.05, 3.63) is 273 Å². The second-order valence-corrected chi connectivity index (χ2v) is 16.3. The van der Waals surface area contributed by atoms with Crippen molar-refractivity contribution < 1.29 is 57.2 Å². The van der Waals surface area contributed by atoms with Gasteiger partial charge in [-0.25, -0.2) is 0 Å². The van der Waals surface area contributed by atoms with Gasteiger partial charge in [-0.2, -0.15) is 0 Å². The summed E-state index contributed by atoms with van der Waals surface area (Å²) in [6.07, 6.45) is 0. The fourth-order valence-electron chi connectivity index (χ4n) is 5.27. The monoisotopic (exact) mass is 988 g/mol. The van der Waals surface area contributed by atoms with Crippen molar-refractivity contribution in [3.63, 3.8) is 0 Å². The average Bonchev–Trinajstić information content (AvgIpc) is 3.37. The quantitative estimate of drug-likeness (QED) is 0.0616. The van der Waals surface area contributed by atoms with Crippen molar-refractivity contribution >= 4 is 25.8 Å². The fraction of sp³-hybridized carbons (Fsp3) is 0. The first-order chi connectivity index (χ1) is 32.7. The largest absolute Gasteiger partial charge is 0.530 e. The van der Waals surface area contributed by atoms with Crippen LogP contribution in [0.1, 0.15) is 0 Å². The molecule has 0 aliphatic carbocycles. The topological polar surface area (TPSA) is 83.1 Å². The van der Waals surface area contributed by atoms with Crippen LogP contribution < -0.4 is 40.7 Å². The van der Waals surface area contributed by atoms with Gasteiger partial charge in [-0.05, 0) is 109 Å². The van der Waals surface area contributed by atoms with Crippen LogP contribution in [-0.4, -0.2) is 0 Å². The Balaban J connectivity index is 0.000000165. The molecule has 0 N–H and O–H groups in total. The third kappa shape index (κ3) is 18.8. The molecule has 9 nitrogen and oxygen atoms in total. The Hall–Kier alpha value is -7.04. The van der Waals surface area contributed by atoms with Crippen LogP contribution in [0.5, 0.6) is 51.7 Å². The molecular weight excluding hydrogens is 944 g/mol. The molecule has 0 amide bonds. The van der Waals surface area contributed by atoms with Crippen LogP contribution in [0.15, 0.2) is 273 Å². The second-order valence-electron chi connectivity index (χ2n) is 13.3. The van der Waals surface area contributed by atoms with E-state index in [0.29, 0.717) is 51.7 Å². The van der Waals surface area contributed by atoms with Crippen LogP contribution in [0.3, 0.4) is 0 Å². The van der Waals surface area contributed by atoms with Gasteiger partial charge in [0.1, 0.15) is 51.7 Å². The Bertz CT molecular complexity index is 2030. The van der Waals surface area contributed by atoms with Gasteiger partial charge in [0.05, 0.1) is 0 Å². The maximum absolute atomic E-state index is 5.84. The van der Waals surface area contributed by atoms with Gasteiger partial charge in [-0.15, -0.1) is 0 Å². The van der Waals surface area contributed by atoms with E-state index in [-0.39, 0.29) is 16.5 Å². The molecule has 0 aromatic heterocycles. The predicted molar refractivity (Wildman–Crippen MR) is 264 cm³/mol. The molecule has 9 aromatic rings. The molecule has 0 aliphatic rings. The molecule has 0 fully saturated rings. The minimum absolute atomic E-state index is 0. The van der Waals surface area contributed by atoms with Crippen molar-refractivity contribution in [2.75, 3.05) is 0 Å². The number of hydrogen-bond donors (Lipinski definition) is 0. The van der Waals surface area contributed by atoms with E-state index < -0.39 is 25.8 Å². The van der Waals surface area contributed by atoms with E-state index in [4.69, 9.17) is 40.7 Å². The molecule has 9 rings (SSSR count). The van der Waals surface area contributed by atoms with Gasteiger partial charge in [0.2, 0.25) is 0 Å². The summed E-state index contributed by atoms with van der Waals surface area (Å²) in [5.74, 6) is 6.38. The summed E-state index contributed by atoms with van der Waals surface area (Å²) in [6.45, 7) is 0. The molecule has 0 saturated carbocycles. The smallest absolute Gasteiger partial charge is 0.409 e. The van der Waals surface area contributed by atoms with Crippen LogP contribution in [0.4, 0.5) is 0 Å². The van der Waals surface area contributed by atoms with Crippen LogP contribution in [0.2, 0.25) is 0 Å². The van der Waals surface area contributed by atoms with Gasteiger partial charge in [-0.3, -0.25) is 0 Å². The Labute approximate surface area is 405 Å². The Morgan fingerprint density at radius 1 is 0.149 bits per heavy atom. The molecular formula is C54H45NiO9P3. The number of para-hydroxylation sites is 9. The molecule has 0 atom stereocenters. The predicted octanol–water partition coefficient (Wildman–Crippen LogP) is 16.3. The van der Waals surface area contributed by atoms with Crippen molar-refractivity contribution in [2.24, 2.45) is 0 Å². The summed E-state index contributed by atoms with van der Waals surface area (Å²) in [5, 5.41) is 0. The van der Waals surface area contributed by atoms with Gasteiger partial charge in [0, 0.05) is 16.5 Å². The van der Waals surface area contributed by atoms with Crippen molar-refractivity contribution in [1.29, 1.82) is 0 Å². The molecule has 0 bridgehead atoms. The van der Waals surface area contributed by atoms with Crippen LogP contribution in [-0.2, 0) is 16.5 Å². The van der Waals surface area contributed by atoms with E-state index in [2.05, 4.69) is 0 Å². The average molecular weight is 990 g/mol. The molecule has 67 heavy (non-hydrogen) atoms. The fourth-order valence-corrected chi connectivity index (χ4v) is 8.25. The zero-order valence-corrected chi connectivity index (χ0v) is 39.5. The SMILES string of the molecule is [Ni].c1ccc(OP(Oc2ccccc2)Oc2ccccc2)cc1.c1ccc(OP(Oc2ccccc2)Oc2ccccc2)cc1.c1ccc(OP(Oc2ccccc2)Oc2ccccc2)cc1. The second kappa shape index (κ2) is 28.8. The number of benzene rings is 9. The Morgan fingerprint density at radius 3 is 0.328 bits per heavy atom. The van der Waals surface area contributed by atoms with E-state index in [0.717, 1.165) is 0 Å². The maximum Gasteiger partial charge on any atom is 0.530 e. The number of hydrogen-bond acceptors (Lipinski definition) is 9. The van der Waals surface area contributed by atoms with Gasteiger partial charge in [0.15, 0.2) is 0 Å². The number of rotatable bonds is 18. The van der Waals surface area contributed by atoms with Gasteiger partial charge >= 0.3 is 25.8 Å². The van der Waals surface area contributed by atoms with E-state index in [9.17, 15) is 0 Å². The summed E-state index contributed by atoms with van der Waals surface area (Å²) < 4.78 is 52.6. The minimum atomic E-state index is -1.59. The third-order valence-corrected chi connectivity index (χ3v) is 11.5.